The molecule has 0 spiro atoms. The highest BCUT2D eigenvalue weighted by atomic mass is 16.5. The van der Waals surface area contributed by atoms with Crippen LogP contribution in [0.4, 0.5) is 5.69 Å². The minimum atomic E-state index is -0.670. The number of methoxy groups -OCH3 is 3. The Kier molecular flexibility index (Phi) is 9.39. The van der Waals surface area contributed by atoms with Crippen molar-refractivity contribution in [3.05, 3.63) is 81.5 Å². The third kappa shape index (κ3) is 6.21. The van der Waals surface area contributed by atoms with Gasteiger partial charge in [0.25, 0.3) is 0 Å². The van der Waals surface area contributed by atoms with Crippen LogP contribution in [0.25, 0.3) is 11.1 Å². The van der Waals surface area contributed by atoms with Crippen molar-refractivity contribution >= 4 is 17.5 Å². The maximum atomic E-state index is 13.7. The summed E-state index contributed by atoms with van der Waals surface area (Å²) in [6.45, 7) is 4.53. The van der Waals surface area contributed by atoms with Crippen molar-refractivity contribution < 1.29 is 28.5 Å². The Bertz CT molecular complexity index is 1590. The number of rotatable bonds is 8. The molecule has 232 valence electrons. The van der Waals surface area contributed by atoms with Crippen LogP contribution < -0.4 is 30.3 Å². The van der Waals surface area contributed by atoms with Crippen LogP contribution in [0.1, 0.15) is 49.1 Å². The number of ether oxygens (including phenoxy) is 4. The van der Waals surface area contributed by atoms with Crippen LogP contribution >= 0.6 is 0 Å². The lowest BCUT2D eigenvalue weighted by Crippen LogP contribution is -2.48. The number of hydrogen-bond donors (Lipinski definition) is 2. The fourth-order valence-electron chi connectivity index (χ4n) is 6.11. The molecule has 44 heavy (non-hydrogen) atoms. The molecule has 1 saturated heterocycles. The number of carbonyl (C=O) groups is 2. The number of fused-ring (bicyclic) bond motifs is 3. The van der Waals surface area contributed by atoms with Crippen LogP contribution in [0, 0.1) is 0 Å². The highest BCUT2D eigenvalue weighted by Crippen LogP contribution is 2.50. The van der Waals surface area contributed by atoms with Crippen molar-refractivity contribution in [2.24, 2.45) is 0 Å². The van der Waals surface area contributed by atoms with E-state index in [9.17, 15) is 14.4 Å². The average Bonchev–Trinajstić information content (AvgIpc) is 3.28. The molecule has 3 aromatic carbocycles. The van der Waals surface area contributed by atoms with Crippen molar-refractivity contribution in [3.63, 3.8) is 0 Å². The van der Waals surface area contributed by atoms with Gasteiger partial charge in [0.2, 0.25) is 23.0 Å². The Morgan fingerprint density at radius 3 is 2.43 bits per heavy atom. The van der Waals surface area contributed by atoms with E-state index in [2.05, 4.69) is 10.6 Å². The molecule has 3 atom stereocenters. The molecule has 10 heteroatoms. The molecule has 5 rings (SSSR count). The largest absolute Gasteiger partial charge is 0.493 e. The molecule has 0 unspecified atom stereocenters. The second-order valence-electron chi connectivity index (χ2n) is 11.0. The molecule has 1 aliphatic carbocycles. The number of hydrogen-bond acceptors (Lipinski definition) is 8. The zero-order chi connectivity index (χ0) is 31.4. The topological polar surface area (TPSA) is 115 Å². The number of benzene rings is 2. The zero-order valence-electron chi connectivity index (χ0n) is 25.8. The van der Waals surface area contributed by atoms with Gasteiger partial charge in [0.05, 0.1) is 46.2 Å². The monoisotopic (exact) mass is 601 g/mol. The van der Waals surface area contributed by atoms with Crippen molar-refractivity contribution in [1.82, 2.24) is 10.2 Å². The van der Waals surface area contributed by atoms with E-state index in [4.69, 9.17) is 18.9 Å². The number of aryl methyl sites for hydroxylation is 1. The van der Waals surface area contributed by atoms with Crippen LogP contribution in [-0.2, 0) is 20.7 Å². The van der Waals surface area contributed by atoms with Crippen LogP contribution in [0.5, 0.6) is 17.2 Å². The molecule has 2 N–H and O–H groups in total. The van der Waals surface area contributed by atoms with E-state index in [1.54, 1.807) is 45.3 Å². The van der Waals surface area contributed by atoms with Crippen molar-refractivity contribution in [2.45, 2.75) is 44.9 Å². The summed E-state index contributed by atoms with van der Waals surface area (Å²) in [5, 5.41) is 6.18. The summed E-state index contributed by atoms with van der Waals surface area (Å²) in [6.07, 6.45) is 0.945. The molecule has 3 aromatic rings. The molecule has 2 amide bonds. The van der Waals surface area contributed by atoms with Gasteiger partial charge in [-0.25, -0.2) is 0 Å². The average molecular weight is 602 g/mol. The predicted molar refractivity (Wildman–Crippen MR) is 167 cm³/mol. The fraction of sp³-hybridized carbons (Fsp3) is 0.382. The van der Waals surface area contributed by atoms with Crippen LogP contribution in [0.15, 0.2) is 59.4 Å². The first-order chi connectivity index (χ1) is 21.2. The van der Waals surface area contributed by atoms with E-state index >= 15 is 0 Å². The summed E-state index contributed by atoms with van der Waals surface area (Å²) in [7, 11) is 4.67. The number of anilines is 1. The summed E-state index contributed by atoms with van der Waals surface area (Å²) in [6, 6.07) is 15.7. The molecule has 1 aliphatic heterocycles. The van der Waals surface area contributed by atoms with Crippen molar-refractivity contribution in [2.75, 3.05) is 46.3 Å². The van der Waals surface area contributed by atoms with Gasteiger partial charge in [-0.2, -0.15) is 0 Å². The van der Waals surface area contributed by atoms with Gasteiger partial charge in [0.15, 0.2) is 11.5 Å². The molecule has 0 aromatic heterocycles. The van der Waals surface area contributed by atoms with Gasteiger partial charge in [-0.1, -0.05) is 36.4 Å². The maximum absolute atomic E-state index is 13.7. The van der Waals surface area contributed by atoms with Crippen LogP contribution in [0.3, 0.4) is 0 Å². The van der Waals surface area contributed by atoms with Gasteiger partial charge in [-0.15, -0.1) is 0 Å². The molecule has 10 nitrogen and oxygen atoms in total. The third-order valence-corrected chi connectivity index (χ3v) is 8.21. The molecule has 2 aliphatic rings. The summed E-state index contributed by atoms with van der Waals surface area (Å²) in [5.41, 5.74) is 4.06. The number of nitrogens with one attached hydrogen (secondary N) is 2. The molecular weight excluding hydrogens is 562 g/mol. The Morgan fingerprint density at radius 1 is 1.00 bits per heavy atom. The second kappa shape index (κ2) is 13.4. The van der Waals surface area contributed by atoms with E-state index in [-0.39, 0.29) is 29.0 Å². The minimum absolute atomic E-state index is 0.123. The van der Waals surface area contributed by atoms with Gasteiger partial charge < -0.3 is 34.5 Å². The smallest absolute Gasteiger partial charge is 0.244 e. The first-order valence-electron chi connectivity index (χ1n) is 14.7. The lowest BCUT2D eigenvalue weighted by Gasteiger charge is -2.34. The lowest BCUT2D eigenvalue weighted by molar-refractivity contribution is -0.139. The van der Waals surface area contributed by atoms with Gasteiger partial charge in [-0.3, -0.25) is 14.4 Å². The summed E-state index contributed by atoms with van der Waals surface area (Å²) >= 11 is 0. The van der Waals surface area contributed by atoms with Gasteiger partial charge in [0.1, 0.15) is 12.1 Å². The van der Waals surface area contributed by atoms with Crippen molar-refractivity contribution in [3.8, 4) is 28.4 Å². The van der Waals surface area contributed by atoms with E-state index in [0.717, 1.165) is 22.3 Å². The van der Waals surface area contributed by atoms with Crippen molar-refractivity contribution in [1.29, 1.82) is 0 Å². The summed E-state index contributed by atoms with van der Waals surface area (Å²) in [4.78, 5) is 41.2. The number of nitrogens with zero attached hydrogens (tertiary/aromatic N) is 1. The Labute approximate surface area is 257 Å². The highest BCUT2D eigenvalue weighted by molar-refractivity contribution is 5.86. The van der Waals surface area contributed by atoms with Crippen LogP contribution in [-0.4, -0.2) is 63.8 Å². The summed E-state index contributed by atoms with van der Waals surface area (Å²) in [5.74, 6) is 1.11. The number of carbonyl (C=O) groups excluding carboxylic acids is 2. The molecular formula is C34H39N3O7. The zero-order valence-corrected chi connectivity index (χ0v) is 25.8. The summed E-state index contributed by atoms with van der Waals surface area (Å²) < 4.78 is 23.1. The van der Waals surface area contributed by atoms with Gasteiger partial charge in [-0.05, 0) is 60.2 Å². The molecule has 0 bridgehead atoms. The maximum Gasteiger partial charge on any atom is 0.244 e. The first kappa shape index (κ1) is 30.9. The minimum Gasteiger partial charge on any atom is -0.493 e. The number of morpholine rings is 1. The van der Waals surface area contributed by atoms with E-state index in [1.807, 2.05) is 42.5 Å². The standard InChI is InChI=1S/C34H39N3O7/c1-20(34(40)37-15-16-44-30(19-37)22-9-7-6-8-10-22)35-27-14-12-24-25(18-28(27)39)26(36-21(2)38)13-11-23-17-29(41-3)32(42-4)33(43-5)31(23)24/h6-10,12,14,17-18,20,26,30H,11,13,15-16,19H2,1-5H3,(H,35,39)(H,36,38)/t20-,26-,30+/m0/s1. The fourth-order valence-corrected chi connectivity index (χ4v) is 6.11. The third-order valence-electron chi connectivity index (χ3n) is 8.21. The normalized spacial score (nSPS) is 18.2. The molecule has 1 fully saturated rings. The Hall–Kier alpha value is -4.57. The predicted octanol–water partition coefficient (Wildman–Crippen LogP) is 4.26. The SMILES string of the molecule is COc1cc2c(c(OC)c1OC)-c1ccc(N[C@@H](C)C(=O)N3CCO[C@@H](c4ccccc4)C3)c(=O)cc1[C@@H](NC(C)=O)CC2. The van der Waals surface area contributed by atoms with E-state index < -0.39 is 12.1 Å². The second-order valence-corrected chi connectivity index (χ2v) is 11.0. The highest BCUT2D eigenvalue weighted by Gasteiger charge is 2.31. The van der Waals surface area contributed by atoms with E-state index in [1.165, 1.54) is 6.92 Å². The Morgan fingerprint density at radius 2 is 1.75 bits per heavy atom. The first-order valence-corrected chi connectivity index (χ1v) is 14.7. The van der Waals surface area contributed by atoms with Gasteiger partial charge >= 0.3 is 0 Å². The van der Waals surface area contributed by atoms with Crippen LogP contribution in [0.2, 0.25) is 0 Å². The Balaban J connectivity index is 1.51. The molecule has 0 saturated carbocycles. The number of amides is 2. The molecule has 0 radical (unpaired) electrons. The quantitative estimate of drug-likeness (QED) is 0.394. The van der Waals surface area contributed by atoms with E-state index in [0.29, 0.717) is 55.4 Å². The lowest BCUT2D eigenvalue weighted by atomic mass is 9.95. The molecule has 1 heterocycles. The van der Waals surface area contributed by atoms with Gasteiger partial charge in [0, 0.05) is 19.0 Å².